The van der Waals surface area contributed by atoms with Gasteiger partial charge in [0.1, 0.15) is 12.4 Å². The average molecular weight is 443 g/mol. The van der Waals surface area contributed by atoms with E-state index < -0.39 is 11.6 Å². The van der Waals surface area contributed by atoms with Crippen LogP contribution in [-0.4, -0.2) is 17.3 Å². The minimum Gasteiger partial charge on any atom is -0.487 e. The van der Waals surface area contributed by atoms with Gasteiger partial charge < -0.3 is 9.47 Å². The van der Waals surface area contributed by atoms with E-state index in [1.165, 1.54) is 12.1 Å². The Hall–Kier alpha value is -4.39. The fourth-order valence-corrected chi connectivity index (χ4v) is 3.25. The summed E-state index contributed by atoms with van der Waals surface area (Å²) in [5.74, 6) is -1.65. The van der Waals surface area contributed by atoms with E-state index in [9.17, 15) is 8.78 Å². The Kier molecular flexibility index (Phi) is 6.50. The fourth-order valence-electron chi connectivity index (χ4n) is 3.25. The number of ether oxygens (including phenoxy) is 2. The second kappa shape index (κ2) is 9.82. The van der Waals surface area contributed by atoms with E-state index in [0.29, 0.717) is 28.9 Å². The van der Waals surface area contributed by atoms with Crippen molar-refractivity contribution in [2.75, 3.05) is 0 Å². The molecule has 3 aromatic carbocycles. The molecule has 0 atom stereocenters. The predicted molar refractivity (Wildman–Crippen MR) is 124 cm³/mol. The third-order valence-electron chi connectivity index (χ3n) is 4.88. The molecule has 1 aromatic heterocycles. The number of fused-ring (bicyclic) bond motifs is 1. The fraction of sp³-hybridized carbons (Fsp3) is 0.0385. The van der Waals surface area contributed by atoms with E-state index in [0.717, 1.165) is 28.7 Å². The number of nitrogens with zero attached hydrogens (tertiary/aromatic N) is 1. The summed E-state index contributed by atoms with van der Waals surface area (Å²) in [6.07, 6.45) is 2.12. The van der Waals surface area contributed by atoms with E-state index >= 15 is 0 Å². The summed E-state index contributed by atoms with van der Waals surface area (Å²) in [4.78, 5) is 4.58. The first kappa shape index (κ1) is 21.8. The minimum absolute atomic E-state index is 0.286. The van der Waals surface area contributed by atoms with Gasteiger partial charge >= 0.3 is 0 Å². The second-order valence-electron chi connectivity index (χ2n) is 7.10. The van der Waals surface area contributed by atoms with Crippen molar-refractivity contribution in [3.63, 3.8) is 0 Å². The van der Waals surface area contributed by atoms with Crippen molar-refractivity contribution in [2.45, 2.75) is 6.61 Å². The highest BCUT2D eigenvalue weighted by atomic mass is 19.2. The molecule has 0 aliphatic heterocycles. The van der Waals surface area contributed by atoms with Crippen molar-refractivity contribution < 1.29 is 18.3 Å². The minimum atomic E-state index is -0.992. The number of hydrogen-bond acceptors (Lipinski definition) is 5. The molecule has 0 unspecified atom stereocenters. The van der Waals surface area contributed by atoms with Crippen LogP contribution in [0.2, 0.25) is 0 Å². The van der Waals surface area contributed by atoms with E-state index in [1.54, 1.807) is 24.3 Å². The van der Waals surface area contributed by atoms with Crippen LogP contribution in [0.4, 0.5) is 8.78 Å². The maximum Gasteiger partial charge on any atom is 0.221 e. The zero-order valence-corrected chi connectivity index (χ0v) is 17.4. The molecule has 5 nitrogen and oxygen atoms in total. The van der Waals surface area contributed by atoms with Crippen LogP contribution in [0.3, 0.4) is 0 Å². The second-order valence-corrected chi connectivity index (χ2v) is 7.10. The highest BCUT2D eigenvalue weighted by Crippen LogP contribution is 2.24. The molecule has 0 spiro atoms. The van der Waals surface area contributed by atoms with Gasteiger partial charge in [-0.05, 0) is 53.6 Å². The standard InChI is InChI=1S/C26H19F2N3O2/c27-23-12-5-17(14-24(23)28)13-22(26(30)33-16-29)18-7-10-21(11-8-18)32-15-20-9-6-19-3-1-2-4-25(19)31-20/h1-14,16,29-30H,15H2. The SMILES string of the molecule is N=COC(=N)C(=Cc1ccc(F)c(F)c1)c1ccc(OCc2ccc3ccccc3n2)cc1. The van der Waals surface area contributed by atoms with Gasteiger partial charge in [0.05, 0.1) is 11.2 Å². The van der Waals surface area contributed by atoms with Gasteiger partial charge in [-0.2, -0.15) is 0 Å². The summed E-state index contributed by atoms with van der Waals surface area (Å²) in [5, 5.41) is 16.2. The smallest absolute Gasteiger partial charge is 0.221 e. The summed E-state index contributed by atoms with van der Waals surface area (Å²) in [6, 6.07) is 22.1. The Morgan fingerprint density at radius 3 is 2.45 bits per heavy atom. The number of pyridine rings is 1. The molecular formula is C26H19F2N3O2. The highest BCUT2D eigenvalue weighted by molar-refractivity contribution is 6.24. The van der Waals surface area contributed by atoms with Crippen molar-refractivity contribution in [1.29, 1.82) is 10.8 Å². The first-order chi connectivity index (χ1) is 16.0. The number of para-hydroxylation sites is 1. The van der Waals surface area contributed by atoms with Crippen LogP contribution in [0.5, 0.6) is 5.75 Å². The van der Waals surface area contributed by atoms with Gasteiger partial charge in [-0.1, -0.05) is 42.5 Å². The first-order valence-electron chi connectivity index (χ1n) is 10.0. The van der Waals surface area contributed by atoms with E-state index in [-0.39, 0.29) is 12.5 Å². The number of hydrogen-bond donors (Lipinski definition) is 2. The maximum absolute atomic E-state index is 13.6. The molecule has 0 aliphatic carbocycles. The van der Waals surface area contributed by atoms with Crippen molar-refractivity contribution in [3.05, 3.63) is 107 Å². The lowest BCUT2D eigenvalue weighted by molar-refractivity contribution is 0.302. The summed E-state index contributed by atoms with van der Waals surface area (Å²) in [7, 11) is 0. The van der Waals surface area contributed by atoms with Gasteiger partial charge in [0.15, 0.2) is 18.0 Å². The molecular weight excluding hydrogens is 424 g/mol. The first-order valence-corrected chi connectivity index (χ1v) is 10.0. The van der Waals surface area contributed by atoms with E-state index in [2.05, 4.69) is 4.98 Å². The van der Waals surface area contributed by atoms with E-state index in [1.807, 2.05) is 36.4 Å². The molecule has 0 radical (unpaired) electrons. The van der Waals surface area contributed by atoms with Crippen molar-refractivity contribution in [3.8, 4) is 5.75 Å². The Balaban J connectivity index is 1.53. The molecule has 164 valence electrons. The van der Waals surface area contributed by atoms with Crippen LogP contribution < -0.4 is 4.74 Å². The average Bonchev–Trinajstić information content (AvgIpc) is 2.84. The Labute approximate surface area is 189 Å². The quantitative estimate of drug-likeness (QED) is 0.202. The Bertz CT molecular complexity index is 1350. The number of benzene rings is 3. The molecule has 33 heavy (non-hydrogen) atoms. The van der Waals surface area contributed by atoms with Gasteiger partial charge in [-0.25, -0.2) is 13.8 Å². The molecule has 4 aromatic rings. The van der Waals surface area contributed by atoms with E-state index in [4.69, 9.17) is 20.3 Å². The van der Waals surface area contributed by atoms with Crippen LogP contribution >= 0.6 is 0 Å². The van der Waals surface area contributed by atoms with Gasteiger partial charge in [0.25, 0.3) is 0 Å². The van der Waals surface area contributed by atoms with Crippen molar-refractivity contribution in [1.82, 2.24) is 4.98 Å². The Morgan fingerprint density at radius 2 is 1.70 bits per heavy atom. The molecule has 0 amide bonds. The molecule has 4 rings (SSSR count). The van der Waals surface area contributed by atoms with Crippen LogP contribution in [-0.2, 0) is 11.3 Å². The van der Waals surface area contributed by atoms with Crippen LogP contribution in [0.25, 0.3) is 22.6 Å². The molecule has 0 saturated heterocycles. The molecule has 0 aliphatic rings. The number of rotatable bonds is 7. The maximum atomic E-state index is 13.6. The highest BCUT2D eigenvalue weighted by Gasteiger charge is 2.12. The monoisotopic (exact) mass is 443 g/mol. The molecule has 0 saturated carbocycles. The predicted octanol–water partition coefficient (Wildman–Crippen LogP) is 6.23. The summed E-state index contributed by atoms with van der Waals surface area (Å²) in [6.45, 7) is 0.286. The molecule has 7 heteroatoms. The zero-order chi connectivity index (χ0) is 23.2. The lowest BCUT2D eigenvalue weighted by atomic mass is 10.0. The normalized spacial score (nSPS) is 11.3. The van der Waals surface area contributed by atoms with Crippen LogP contribution in [0, 0.1) is 22.5 Å². The van der Waals surface area contributed by atoms with Crippen molar-refractivity contribution >= 4 is 34.9 Å². The van der Waals surface area contributed by atoms with Gasteiger partial charge in [0.2, 0.25) is 5.90 Å². The van der Waals surface area contributed by atoms with Crippen LogP contribution in [0.1, 0.15) is 16.8 Å². The third kappa shape index (κ3) is 5.27. The molecule has 1 heterocycles. The third-order valence-corrected chi connectivity index (χ3v) is 4.88. The summed E-state index contributed by atoms with van der Waals surface area (Å²) in [5.41, 5.74) is 2.92. The van der Waals surface area contributed by atoms with Gasteiger partial charge in [0, 0.05) is 11.0 Å². The molecule has 2 N–H and O–H groups in total. The number of aromatic nitrogens is 1. The topological polar surface area (TPSA) is 79.0 Å². The van der Waals surface area contributed by atoms with Crippen molar-refractivity contribution in [2.24, 2.45) is 0 Å². The number of nitrogens with one attached hydrogen (secondary N) is 2. The zero-order valence-electron chi connectivity index (χ0n) is 17.4. The van der Waals surface area contributed by atoms with Gasteiger partial charge in [-0.3, -0.25) is 10.8 Å². The Morgan fingerprint density at radius 1 is 0.909 bits per heavy atom. The molecule has 0 bridgehead atoms. The lowest BCUT2D eigenvalue weighted by Gasteiger charge is -2.11. The number of halogens is 2. The summed E-state index contributed by atoms with van der Waals surface area (Å²) < 4.78 is 37.6. The molecule has 0 fully saturated rings. The lowest BCUT2D eigenvalue weighted by Crippen LogP contribution is -2.05. The largest absolute Gasteiger partial charge is 0.487 e. The summed E-state index contributed by atoms with van der Waals surface area (Å²) >= 11 is 0. The van der Waals surface area contributed by atoms with Crippen LogP contribution in [0.15, 0.2) is 78.9 Å². The van der Waals surface area contributed by atoms with Gasteiger partial charge in [-0.15, -0.1) is 0 Å².